The van der Waals surface area contributed by atoms with E-state index in [0.717, 1.165) is 57.8 Å². The lowest BCUT2D eigenvalue weighted by atomic mass is 10.0. The van der Waals surface area contributed by atoms with Crippen LogP contribution in [-0.4, -0.2) is 37.0 Å². The van der Waals surface area contributed by atoms with E-state index in [2.05, 4.69) is 62.5 Å². The van der Waals surface area contributed by atoms with Crippen molar-refractivity contribution in [2.24, 2.45) is 0 Å². The van der Waals surface area contributed by atoms with Crippen LogP contribution in [-0.2, 0) is 14.3 Å². The zero-order valence-corrected chi connectivity index (χ0v) is 32.7. The second kappa shape index (κ2) is 42.5. The number of hydrogen-bond donors (Lipinski definition) is 1. The first kappa shape index (κ1) is 47.4. The van der Waals surface area contributed by atoms with Gasteiger partial charge in [-0.3, -0.25) is 4.79 Å². The van der Waals surface area contributed by atoms with Gasteiger partial charge in [0.25, 0.3) is 0 Å². The van der Waals surface area contributed by atoms with E-state index in [4.69, 9.17) is 9.47 Å². The highest BCUT2D eigenvalue weighted by atomic mass is 16.6. The molecule has 286 valence electrons. The van der Waals surface area contributed by atoms with Gasteiger partial charge in [0.2, 0.25) is 0 Å². The molecule has 0 saturated carbocycles. The Bertz CT molecular complexity index is 768. The van der Waals surface area contributed by atoms with Gasteiger partial charge < -0.3 is 14.6 Å². The van der Waals surface area contributed by atoms with Crippen molar-refractivity contribution in [1.82, 2.24) is 0 Å². The second-order valence-corrected chi connectivity index (χ2v) is 14.0. The predicted octanol–water partition coefficient (Wildman–Crippen LogP) is 13.9. The quantitative estimate of drug-likeness (QED) is 0.0397. The highest BCUT2D eigenvalue weighted by Gasteiger charge is 2.13. The number of allylic oxidation sites excluding steroid dienone is 8. The van der Waals surface area contributed by atoms with E-state index in [1.54, 1.807) is 0 Å². The number of carbonyl (C=O) groups excluding carboxylic acids is 1. The summed E-state index contributed by atoms with van der Waals surface area (Å²) >= 11 is 0. The van der Waals surface area contributed by atoms with Crippen molar-refractivity contribution in [3.63, 3.8) is 0 Å². The Hall–Kier alpha value is -1.65. The maximum absolute atomic E-state index is 12.2. The summed E-state index contributed by atoms with van der Waals surface area (Å²) in [5, 5.41) is 9.60. The maximum Gasteiger partial charge on any atom is 0.306 e. The Morgan fingerprint density at radius 1 is 0.510 bits per heavy atom. The third-order valence-corrected chi connectivity index (χ3v) is 9.17. The molecule has 0 radical (unpaired) electrons. The molecule has 0 spiro atoms. The van der Waals surface area contributed by atoms with E-state index < -0.39 is 6.10 Å². The van der Waals surface area contributed by atoms with Gasteiger partial charge in [0.15, 0.2) is 0 Å². The molecule has 0 rings (SSSR count). The molecule has 0 heterocycles. The molecule has 1 atom stereocenters. The molecule has 0 saturated heterocycles. The molecule has 0 aromatic rings. The van der Waals surface area contributed by atoms with Gasteiger partial charge in [0.05, 0.1) is 13.2 Å². The topological polar surface area (TPSA) is 55.8 Å². The van der Waals surface area contributed by atoms with Crippen molar-refractivity contribution in [3.05, 3.63) is 48.6 Å². The molecule has 0 fully saturated rings. The molecule has 0 aromatic heterocycles. The smallest absolute Gasteiger partial charge is 0.306 e. The monoisotopic (exact) mass is 687 g/mol. The van der Waals surface area contributed by atoms with E-state index in [-0.39, 0.29) is 19.2 Å². The minimum absolute atomic E-state index is 0.178. The molecule has 0 aliphatic heterocycles. The predicted molar refractivity (Wildman–Crippen MR) is 214 cm³/mol. The summed E-state index contributed by atoms with van der Waals surface area (Å²) < 4.78 is 11.1. The number of esters is 1. The van der Waals surface area contributed by atoms with Crippen LogP contribution >= 0.6 is 0 Å². The third kappa shape index (κ3) is 40.7. The largest absolute Gasteiger partial charge is 0.457 e. The van der Waals surface area contributed by atoms with Crippen molar-refractivity contribution in [3.8, 4) is 0 Å². The summed E-state index contributed by atoms with van der Waals surface area (Å²) in [4.78, 5) is 12.2. The van der Waals surface area contributed by atoms with E-state index in [1.807, 2.05) is 0 Å². The molecule has 0 aliphatic rings. The molecule has 4 nitrogen and oxygen atoms in total. The summed E-state index contributed by atoms with van der Waals surface area (Å²) in [5.74, 6) is -0.206. The number of rotatable bonds is 39. The molecule has 1 unspecified atom stereocenters. The first-order chi connectivity index (χ1) is 24.2. The van der Waals surface area contributed by atoms with E-state index in [9.17, 15) is 9.90 Å². The van der Waals surface area contributed by atoms with E-state index in [0.29, 0.717) is 13.0 Å². The SMILES string of the molecule is CC/C=C\C/C=C\C/C=C\C/C=C\CCCCCCCOCC(CO)OC(=O)CCCCCCCCCCCCCCCCCCCCC. The molecule has 0 aliphatic carbocycles. The van der Waals surface area contributed by atoms with Gasteiger partial charge in [-0.25, -0.2) is 0 Å². The molecule has 0 amide bonds. The Labute approximate surface area is 305 Å². The van der Waals surface area contributed by atoms with Crippen LogP contribution in [0.15, 0.2) is 48.6 Å². The maximum atomic E-state index is 12.2. The number of aliphatic hydroxyl groups is 1. The van der Waals surface area contributed by atoms with Gasteiger partial charge in [0, 0.05) is 13.0 Å². The van der Waals surface area contributed by atoms with Crippen molar-refractivity contribution in [2.75, 3.05) is 19.8 Å². The van der Waals surface area contributed by atoms with Gasteiger partial charge in [-0.1, -0.05) is 197 Å². The first-order valence-corrected chi connectivity index (χ1v) is 21.2. The average Bonchev–Trinajstić information content (AvgIpc) is 3.11. The molecule has 4 heteroatoms. The Kier molecular flexibility index (Phi) is 41.1. The normalized spacial score (nSPS) is 12.8. The van der Waals surface area contributed by atoms with Crippen LogP contribution < -0.4 is 0 Å². The Balaban J connectivity index is 3.45. The van der Waals surface area contributed by atoms with Crippen molar-refractivity contribution in [2.45, 2.75) is 213 Å². The van der Waals surface area contributed by atoms with E-state index >= 15 is 0 Å². The lowest BCUT2D eigenvalue weighted by molar-refractivity contribution is -0.154. The highest BCUT2D eigenvalue weighted by molar-refractivity contribution is 5.69. The fraction of sp³-hybridized carbons (Fsp3) is 0.800. The standard InChI is InChI=1S/C45H82O4/c1-3-5-7-9-11-13-15-17-19-21-23-24-26-28-30-32-34-36-38-40-45(47)49-44(42-46)43-48-41-39-37-35-33-31-29-27-25-22-20-18-16-14-12-10-8-6-4-2/h6,8,12,14,18,20,25,27,44,46H,3-5,7,9-11,13,15-17,19,21-24,26,28-43H2,1-2H3/b8-6-,14-12-,20-18-,27-25-. The van der Waals surface area contributed by atoms with Crippen LogP contribution in [0.1, 0.15) is 206 Å². The van der Waals surface area contributed by atoms with Gasteiger partial charge in [0.1, 0.15) is 6.10 Å². The van der Waals surface area contributed by atoms with Gasteiger partial charge >= 0.3 is 5.97 Å². The van der Waals surface area contributed by atoms with Gasteiger partial charge in [-0.05, 0) is 51.4 Å². The molecular formula is C45H82O4. The lowest BCUT2D eigenvalue weighted by Gasteiger charge is -2.15. The van der Waals surface area contributed by atoms with Crippen molar-refractivity contribution in [1.29, 1.82) is 0 Å². The van der Waals surface area contributed by atoms with Crippen LogP contribution in [0.3, 0.4) is 0 Å². The fourth-order valence-corrected chi connectivity index (χ4v) is 6.03. The lowest BCUT2D eigenvalue weighted by Crippen LogP contribution is -2.27. The van der Waals surface area contributed by atoms with Gasteiger partial charge in [-0.15, -0.1) is 0 Å². The summed E-state index contributed by atoms with van der Waals surface area (Å²) in [7, 11) is 0. The molecule has 0 bridgehead atoms. The zero-order valence-electron chi connectivity index (χ0n) is 32.7. The van der Waals surface area contributed by atoms with Crippen molar-refractivity contribution < 1.29 is 19.4 Å². The molecular weight excluding hydrogens is 604 g/mol. The molecule has 49 heavy (non-hydrogen) atoms. The van der Waals surface area contributed by atoms with E-state index in [1.165, 1.54) is 128 Å². The van der Waals surface area contributed by atoms with Gasteiger partial charge in [-0.2, -0.15) is 0 Å². The number of unbranched alkanes of at least 4 members (excludes halogenated alkanes) is 23. The number of hydrogen-bond acceptors (Lipinski definition) is 4. The third-order valence-electron chi connectivity index (χ3n) is 9.17. The number of carbonyl (C=O) groups is 1. The molecule has 1 N–H and O–H groups in total. The Morgan fingerprint density at radius 2 is 0.918 bits per heavy atom. The van der Waals surface area contributed by atoms with Crippen LogP contribution in [0.5, 0.6) is 0 Å². The minimum Gasteiger partial charge on any atom is -0.457 e. The first-order valence-electron chi connectivity index (χ1n) is 21.2. The summed E-state index contributed by atoms with van der Waals surface area (Å²) in [5.41, 5.74) is 0. The minimum atomic E-state index is -0.543. The van der Waals surface area contributed by atoms with Crippen LogP contribution in [0.25, 0.3) is 0 Å². The summed E-state index contributed by atoms with van der Waals surface area (Å²) in [6.45, 7) is 5.21. The number of aliphatic hydroxyl groups excluding tert-OH is 1. The average molecular weight is 687 g/mol. The molecule has 0 aromatic carbocycles. The fourth-order valence-electron chi connectivity index (χ4n) is 6.03. The second-order valence-electron chi connectivity index (χ2n) is 14.0. The zero-order chi connectivity index (χ0) is 35.6. The summed E-state index contributed by atoms with van der Waals surface area (Å²) in [6.07, 6.45) is 54.5. The highest BCUT2D eigenvalue weighted by Crippen LogP contribution is 2.15. The van der Waals surface area contributed by atoms with Crippen LogP contribution in [0, 0.1) is 0 Å². The number of ether oxygens (including phenoxy) is 2. The van der Waals surface area contributed by atoms with Crippen molar-refractivity contribution >= 4 is 5.97 Å². The van der Waals surface area contributed by atoms with Crippen LogP contribution in [0.2, 0.25) is 0 Å². The van der Waals surface area contributed by atoms with Crippen LogP contribution in [0.4, 0.5) is 0 Å². The summed E-state index contributed by atoms with van der Waals surface area (Å²) in [6, 6.07) is 0. The Morgan fingerprint density at radius 3 is 1.39 bits per heavy atom.